The van der Waals surface area contributed by atoms with Crippen molar-refractivity contribution in [3.63, 3.8) is 0 Å². The van der Waals surface area contributed by atoms with Crippen molar-refractivity contribution in [2.75, 3.05) is 0 Å². The molecule has 0 spiro atoms. The van der Waals surface area contributed by atoms with Gasteiger partial charge in [-0.1, -0.05) is 29.5 Å². The van der Waals surface area contributed by atoms with Crippen molar-refractivity contribution in [2.45, 2.75) is 13.8 Å². The minimum absolute atomic E-state index is 0.00661. The van der Waals surface area contributed by atoms with E-state index in [2.05, 4.69) is 17.1 Å². The van der Waals surface area contributed by atoms with Gasteiger partial charge in [-0.15, -0.1) is 0 Å². The largest absolute Gasteiger partial charge is 0.319 e. The number of fused-ring (bicyclic) bond motifs is 1. The summed E-state index contributed by atoms with van der Waals surface area (Å²) in [7, 11) is 1.87. The lowest BCUT2D eigenvalue weighted by molar-refractivity contribution is 0.0994. The molecule has 0 atom stereocenters. The second-order valence-electron chi connectivity index (χ2n) is 5.27. The highest BCUT2D eigenvalue weighted by Gasteiger charge is 2.12. The zero-order valence-electron chi connectivity index (χ0n) is 12.6. The molecule has 2 aromatic carbocycles. The number of hydrogen-bond donors (Lipinski definition) is 0. The Morgan fingerprint density at radius 3 is 2.68 bits per heavy atom. The molecule has 0 N–H and O–H groups in total. The Kier molecular flexibility index (Phi) is 3.66. The Labute approximate surface area is 131 Å². The molecule has 3 aromatic rings. The number of halogens is 1. The first kappa shape index (κ1) is 14.7. The number of benzene rings is 2. The first-order valence-electron chi connectivity index (χ1n) is 6.88. The zero-order valence-corrected chi connectivity index (χ0v) is 13.4. The zero-order chi connectivity index (χ0) is 15.9. The van der Waals surface area contributed by atoms with E-state index in [1.165, 1.54) is 23.5 Å². The molecule has 5 heteroatoms. The number of carbonyl (C=O) groups excluding carboxylic acids is 1. The summed E-state index contributed by atoms with van der Waals surface area (Å²) >= 11 is 1.44. The third-order valence-electron chi connectivity index (χ3n) is 3.54. The van der Waals surface area contributed by atoms with Gasteiger partial charge in [0.25, 0.3) is 5.91 Å². The Balaban J connectivity index is 2.18. The average molecular weight is 314 g/mol. The highest BCUT2D eigenvalue weighted by molar-refractivity contribution is 7.16. The lowest BCUT2D eigenvalue weighted by Crippen LogP contribution is -2.13. The summed E-state index contributed by atoms with van der Waals surface area (Å²) in [5.41, 5.74) is 3.33. The smallest absolute Gasteiger partial charge is 0.282 e. The molecule has 0 fully saturated rings. The molecule has 3 nitrogen and oxygen atoms in total. The monoisotopic (exact) mass is 314 g/mol. The van der Waals surface area contributed by atoms with Gasteiger partial charge in [-0.25, -0.2) is 4.39 Å². The van der Waals surface area contributed by atoms with E-state index in [0.717, 1.165) is 21.3 Å². The number of rotatable bonds is 1. The molecule has 3 rings (SSSR count). The van der Waals surface area contributed by atoms with Gasteiger partial charge in [0.2, 0.25) is 0 Å². The van der Waals surface area contributed by atoms with E-state index in [-0.39, 0.29) is 5.56 Å². The topological polar surface area (TPSA) is 34.4 Å². The van der Waals surface area contributed by atoms with Crippen molar-refractivity contribution in [3.05, 3.63) is 63.7 Å². The quantitative estimate of drug-likeness (QED) is 0.674. The second-order valence-corrected chi connectivity index (χ2v) is 6.25. The summed E-state index contributed by atoms with van der Waals surface area (Å²) in [6, 6.07) is 10.1. The summed E-state index contributed by atoms with van der Waals surface area (Å²) in [5.74, 6) is -1.11. The SMILES string of the molecule is Cc1cc(C)c2sc(=NC(=O)c3ccccc3F)n(C)c2c1. The van der Waals surface area contributed by atoms with E-state index in [0.29, 0.717) is 4.80 Å². The van der Waals surface area contributed by atoms with Gasteiger partial charge < -0.3 is 4.57 Å². The maximum Gasteiger partial charge on any atom is 0.282 e. The minimum atomic E-state index is -0.561. The number of nitrogens with zero attached hydrogens (tertiary/aromatic N) is 2. The fourth-order valence-corrected chi connectivity index (χ4v) is 3.52. The molecule has 0 aliphatic heterocycles. The van der Waals surface area contributed by atoms with E-state index in [1.54, 1.807) is 12.1 Å². The molecule has 0 saturated carbocycles. The Morgan fingerprint density at radius 1 is 1.23 bits per heavy atom. The van der Waals surface area contributed by atoms with E-state index in [9.17, 15) is 9.18 Å². The standard InChI is InChI=1S/C17H15FN2OS/c1-10-8-11(2)15-14(9-10)20(3)17(22-15)19-16(21)12-6-4-5-7-13(12)18/h4-9H,1-3H3. The molecule has 22 heavy (non-hydrogen) atoms. The van der Waals surface area contributed by atoms with Crippen LogP contribution in [0.3, 0.4) is 0 Å². The van der Waals surface area contributed by atoms with Crippen LogP contribution in [0.15, 0.2) is 41.4 Å². The highest BCUT2D eigenvalue weighted by atomic mass is 32.1. The molecule has 0 radical (unpaired) electrons. The van der Waals surface area contributed by atoms with Crippen LogP contribution in [0.5, 0.6) is 0 Å². The van der Waals surface area contributed by atoms with Crippen LogP contribution in [0, 0.1) is 19.7 Å². The number of aryl methyl sites for hydroxylation is 3. The Morgan fingerprint density at radius 2 is 1.95 bits per heavy atom. The molecule has 0 bridgehead atoms. The first-order valence-corrected chi connectivity index (χ1v) is 7.69. The summed E-state index contributed by atoms with van der Waals surface area (Å²) in [6.07, 6.45) is 0. The fourth-order valence-electron chi connectivity index (χ4n) is 2.46. The molecule has 112 valence electrons. The van der Waals surface area contributed by atoms with Gasteiger partial charge in [0, 0.05) is 7.05 Å². The van der Waals surface area contributed by atoms with Gasteiger partial charge in [-0.05, 0) is 43.2 Å². The van der Waals surface area contributed by atoms with E-state index in [4.69, 9.17) is 0 Å². The summed E-state index contributed by atoms with van der Waals surface area (Å²) in [5, 5.41) is 0. The van der Waals surface area contributed by atoms with Gasteiger partial charge in [0.1, 0.15) is 5.82 Å². The average Bonchev–Trinajstić information content (AvgIpc) is 2.77. The summed E-state index contributed by atoms with van der Waals surface area (Å²) in [6.45, 7) is 4.07. The summed E-state index contributed by atoms with van der Waals surface area (Å²) < 4.78 is 16.6. The van der Waals surface area contributed by atoms with Gasteiger partial charge in [0.05, 0.1) is 15.8 Å². The lowest BCUT2D eigenvalue weighted by Gasteiger charge is -2.00. The van der Waals surface area contributed by atoms with Crippen molar-refractivity contribution in [1.29, 1.82) is 0 Å². The third kappa shape index (κ3) is 2.48. The van der Waals surface area contributed by atoms with E-state index >= 15 is 0 Å². The predicted octanol–water partition coefficient (Wildman–Crippen LogP) is 3.74. The number of amides is 1. The number of carbonyl (C=O) groups is 1. The molecule has 0 aliphatic carbocycles. The van der Waals surface area contributed by atoms with Crippen LogP contribution < -0.4 is 4.80 Å². The van der Waals surface area contributed by atoms with E-state index < -0.39 is 11.7 Å². The van der Waals surface area contributed by atoms with Gasteiger partial charge in [0.15, 0.2) is 4.80 Å². The molecule has 1 heterocycles. The summed E-state index contributed by atoms with van der Waals surface area (Å²) in [4.78, 5) is 16.9. The van der Waals surface area contributed by atoms with Crippen molar-refractivity contribution in [1.82, 2.24) is 4.57 Å². The molecule has 0 saturated heterocycles. The van der Waals surface area contributed by atoms with Crippen molar-refractivity contribution < 1.29 is 9.18 Å². The van der Waals surface area contributed by atoms with Crippen LogP contribution in [0.2, 0.25) is 0 Å². The maximum atomic E-state index is 13.7. The van der Waals surface area contributed by atoms with Crippen LogP contribution in [0.4, 0.5) is 4.39 Å². The van der Waals surface area contributed by atoms with Crippen LogP contribution in [-0.4, -0.2) is 10.5 Å². The number of aromatic nitrogens is 1. The normalized spacial score (nSPS) is 12.1. The second kappa shape index (κ2) is 5.50. The molecule has 0 unspecified atom stereocenters. The Bertz CT molecular complexity index is 953. The van der Waals surface area contributed by atoms with Gasteiger partial charge in [-0.3, -0.25) is 4.79 Å². The minimum Gasteiger partial charge on any atom is -0.319 e. The van der Waals surface area contributed by atoms with Crippen LogP contribution >= 0.6 is 11.3 Å². The van der Waals surface area contributed by atoms with Crippen molar-refractivity contribution >= 4 is 27.5 Å². The third-order valence-corrected chi connectivity index (χ3v) is 4.83. The number of thiazole rings is 1. The molecular weight excluding hydrogens is 299 g/mol. The highest BCUT2D eigenvalue weighted by Crippen LogP contribution is 2.22. The van der Waals surface area contributed by atoms with Gasteiger partial charge in [-0.2, -0.15) is 4.99 Å². The maximum absolute atomic E-state index is 13.7. The predicted molar refractivity (Wildman–Crippen MR) is 86.6 cm³/mol. The lowest BCUT2D eigenvalue weighted by atomic mass is 10.1. The van der Waals surface area contributed by atoms with Crippen molar-refractivity contribution in [3.8, 4) is 0 Å². The van der Waals surface area contributed by atoms with Crippen LogP contribution in [0.25, 0.3) is 10.2 Å². The molecule has 1 aromatic heterocycles. The molecule has 0 aliphatic rings. The fraction of sp³-hybridized carbons (Fsp3) is 0.176. The number of hydrogen-bond acceptors (Lipinski definition) is 2. The first-order chi connectivity index (χ1) is 10.5. The van der Waals surface area contributed by atoms with E-state index in [1.807, 2.05) is 25.5 Å². The molecular formula is C17H15FN2OS. The Hall–Kier alpha value is -2.27. The molecule has 1 amide bonds. The van der Waals surface area contributed by atoms with Crippen LogP contribution in [0.1, 0.15) is 21.5 Å². The van der Waals surface area contributed by atoms with Crippen molar-refractivity contribution in [2.24, 2.45) is 12.0 Å². The van der Waals surface area contributed by atoms with Gasteiger partial charge >= 0.3 is 0 Å². The van der Waals surface area contributed by atoms with Crippen LogP contribution in [-0.2, 0) is 7.05 Å².